The van der Waals surface area contributed by atoms with Crippen LogP contribution in [0, 0.1) is 0 Å². The van der Waals surface area contributed by atoms with E-state index in [1.165, 1.54) is 11.1 Å². The lowest BCUT2D eigenvalue weighted by molar-refractivity contribution is 0.00396. The minimum Gasteiger partial charge on any atom is -0.378 e. The van der Waals surface area contributed by atoms with Crippen molar-refractivity contribution >= 4 is 18.3 Å². The maximum absolute atomic E-state index is 12.7. The maximum atomic E-state index is 12.7. The van der Waals surface area contributed by atoms with E-state index in [2.05, 4.69) is 33.8 Å². The van der Waals surface area contributed by atoms with Gasteiger partial charge in [0.25, 0.3) is 5.91 Å². The molecule has 2 aromatic rings. The van der Waals surface area contributed by atoms with Gasteiger partial charge in [0.15, 0.2) is 0 Å². The summed E-state index contributed by atoms with van der Waals surface area (Å²) < 4.78 is 5.98. The number of carbonyl (C=O) groups is 1. The van der Waals surface area contributed by atoms with Crippen LogP contribution in [0.1, 0.15) is 40.4 Å². The van der Waals surface area contributed by atoms with Crippen LogP contribution in [0.25, 0.3) is 0 Å². The molecule has 0 radical (unpaired) electrons. The predicted molar refractivity (Wildman–Crippen MR) is 103 cm³/mol. The maximum Gasteiger partial charge on any atom is 0.253 e. The fourth-order valence-corrected chi connectivity index (χ4v) is 4.52. The number of hydrogen-bond donors (Lipinski definition) is 2. The summed E-state index contributed by atoms with van der Waals surface area (Å²) >= 11 is 0. The van der Waals surface area contributed by atoms with Crippen molar-refractivity contribution in [3.8, 4) is 0 Å². The van der Waals surface area contributed by atoms with Crippen molar-refractivity contribution in [1.82, 2.24) is 15.6 Å². The number of fused-ring (bicyclic) bond motifs is 2. The van der Waals surface area contributed by atoms with Crippen LogP contribution in [-0.4, -0.2) is 37.2 Å². The molecule has 1 aliphatic heterocycles. The summed E-state index contributed by atoms with van der Waals surface area (Å²) in [6, 6.07) is 11.8. The molecule has 2 atom stereocenters. The highest BCUT2D eigenvalue weighted by Crippen LogP contribution is 2.51. The average molecular weight is 374 g/mol. The molecule has 1 saturated heterocycles. The van der Waals surface area contributed by atoms with Crippen molar-refractivity contribution in [3.63, 3.8) is 0 Å². The van der Waals surface area contributed by atoms with Crippen LogP contribution in [-0.2, 0) is 10.2 Å². The zero-order chi connectivity index (χ0) is 17.3. The normalized spacial score (nSPS) is 23.1. The van der Waals surface area contributed by atoms with Gasteiger partial charge in [0.05, 0.1) is 17.7 Å². The molecule has 1 aliphatic carbocycles. The van der Waals surface area contributed by atoms with Crippen molar-refractivity contribution in [2.24, 2.45) is 0 Å². The first kappa shape index (κ1) is 18.8. The van der Waals surface area contributed by atoms with Crippen LogP contribution >= 0.6 is 12.4 Å². The molecule has 1 fully saturated rings. The molecule has 2 N–H and O–H groups in total. The van der Waals surface area contributed by atoms with Crippen LogP contribution in [0.4, 0.5) is 0 Å². The Bertz CT molecular complexity index is 763. The molecule has 0 saturated carbocycles. The van der Waals surface area contributed by atoms with Crippen molar-refractivity contribution in [2.75, 3.05) is 20.2 Å². The van der Waals surface area contributed by atoms with Crippen LogP contribution in [0.3, 0.4) is 0 Å². The molecule has 0 unspecified atom stereocenters. The van der Waals surface area contributed by atoms with E-state index in [0.29, 0.717) is 5.56 Å². The summed E-state index contributed by atoms with van der Waals surface area (Å²) in [5.74, 6) is -0.110. The standard InChI is InChI=1S/C20H23N3O2.ClH/c1-25-18-17(23-19(24)14-5-4-10-22-13-14)15-6-2-3-7-16(15)20(18)8-11-21-12-9-20;/h2-7,10,13,17-18,21H,8-9,11-12H2,1H3,(H,23,24);1H/t17-,18+;/m1./s1. The van der Waals surface area contributed by atoms with Crippen LogP contribution < -0.4 is 10.6 Å². The number of hydrogen-bond acceptors (Lipinski definition) is 4. The SMILES string of the molecule is CO[C@H]1[C@H](NC(=O)c2cccnc2)c2ccccc2C12CCNCC2.Cl. The lowest BCUT2D eigenvalue weighted by Crippen LogP contribution is -2.49. The molecule has 6 heteroatoms. The Hall–Kier alpha value is -1.95. The fraction of sp³-hybridized carbons (Fsp3) is 0.400. The molecule has 1 spiro atoms. The number of pyridine rings is 1. The van der Waals surface area contributed by atoms with Crippen LogP contribution in [0.5, 0.6) is 0 Å². The number of halogens is 1. The second kappa shape index (κ2) is 7.74. The monoisotopic (exact) mass is 373 g/mol. The van der Waals surface area contributed by atoms with Gasteiger partial charge in [0.2, 0.25) is 0 Å². The molecular formula is C20H24ClN3O2. The molecule has 4 rings (SSSR count). The third kappa shape index (κ3) is 3.00. The zero-order valence-corrected chi connectivity index (χ0v) is 15.6. The molecule has 1 amide bonds. The lowest BCUT2D eigenvalue weighted by atomic mass is 9.72. The summed E-state index contributed by atoms with van der Waals surface area (Å²) in [6.07, 6.45) is 5.23. The molecule has 1 aromatic heterocycles. The van der Waals surface area contributed by atoms with Crippen LogP contribution in [0.15, 0.2) is 48.8 Å². The second-order valence-corrected chi connectivity index (χ2v) is 6.84. The highest BCUT2D eigenvalue weighted by atomic mass is 35.5. The minimum atomic E-state index is -0.146. The van der Waals surface area contributed by atoms with Gasteiger partial charge in [-0.3, -0.25) is 9.78 Å². The van der Waals surface area contributed by atoms with Crippen molar-refractivity contribution in [2.45, 2.75) is 30.4 Å². The van der Waals surface area contributed by atoms with E-state index in [4.69, 9.17) is 4.74 Å². The number of amides is 1. The van der Waals surface area contributed by atoms with Crippen LogP contribution in [0.2, 0.25) is 0 Å². The van der Waals surface area contributed by atoms with E-state index in [0.717, 1.165) is 25.9 Å². The number of rotatable bonds is 3. The summed E-state index contributed by atoms with van der Waals surface area (Å²) in [6.45, 7) is 1.94. The zero-order valence-electron chi connectivity index (χ0n) is 14.8. The third-order valence-corrected chi connectivity index (χ3v) is 5.64. The second-order valence-electron chi connectivity index (χ2n) is 6.84. The Morgan fingerprint density at radius 3 is 2.69 bits per heavy atom. The van der Waals surface area contributed by atoms with Crippen molar-refractivity contribution < 1.29 is 9.53 Å². The van der Waals surface area contributed by atoms with Gasteiger partial charge in [-0.15, -0.1) is 12.4 Å². The molecule has 2 heterocycles. The molecule has 0 bridgehead atoms. The van der Waals surface area contributed by atoms with Gasteiger partial charge in [-0.05, 0) is 49.2 Å². The quantitative estimate of drug-likeness (QED) is 0.868. The number of nitrogens with zero attached hydrogens (tertiary/aromatic N) is 1. The van der Waals surface area contributed by atoms with Gasteiger partial charge in [-0.1, -0.05) is 24.3 Å². The van der Waals surface area contributed by atoms with E-state index in [-0.39, 0.29) is 35.9 Å². The highest BCUT2D eigenvalue weighted by molar-refractivity contribution is 5.94. The lowest BCUT2D eigenvalue weighted by Gasteiger charge is -2.40. The molecule has 2 aliphatic rings. The highest BCUT2D eigenvalue weighted by Gasteiger charge is 2.53. The van der Waals surface area contributed by atoms with E-state index in [1.54, 1.807) is 31.6 Å². The smallest absolute Gasteiger partial charge is 0.253 e. The Balaban J connectivity index is 0.00000196. The topological polar surface area (TPSA) is 63.2 Å². The number of ether oxygens (including phenoxy) is 1. The van der Waals surface area contributed by atoms with E-state index < -0.39 is 0 Å². The first-order valence-corrected chi connectivity index (χ1v) is 8.80. The van der Waals surface area contributed by atoms with Gasteiger partial charge in [0.1, 0.15) is 0 Å². The van der Waals surface area contributed by atoms with Gasteiger partial charge in [0, 0.05) is 24.9 Å². The summed E-state index contributed by atoms with van der Waals surface area (Å²) in [7, 11) is 1.75. The largest absolute Gasteiger partial charge is 0.378 e. The number of carbonyl (C=O) groups excluding carboxylic acids is 1. The summed E-state index contributed by atoms with van der Waals surface area (Å²) in [5.41, 5.74) is 3.03. The number of nitrogens with one attached hydrogen (secondary N) is 2. The Kier molecular flexibility index (Phi) is 5.61. The predicted octanol–water partition coefficient (Wildman–Crippen LogP) is 2.62. The Morgan fingerprint density at radius 1 is 1.23 bits per heavy atom. The minimum absolute atomic E-state index is 0. The van der Waals surface area contributed by atoms with E-state index in [9.17, 15) is 4.79 Å². The Labute approximate surface area is 160 Å². The first-order chi connectivity index (χ1) is 12.3. The van der Waals surface area contributed by atoms with Crippen molar-refractivity contribution in [3.05, 3.63) is 65.5 Å². The molecular weight excluding hydrogens is 350 g/mol. The fourth-order valence-electron chi connectivity index (χ4n) is 4.52. The summed E-state index contributed by atoms with van der Waals surface area (Å²) in [4.78, 5) is 16.8. The van der Waals surface area contributed by atoms with Gasteiger partial charge in [-0.2, -0.15) is 0 Å². The van der Waals surface area contributed by atoms with Gasteiger partial charge < -0.3 is 15.4 Å². The molecule has 1 aromatic carbocycles. The molecule has 5 nitrogen and oxygen atoms in total. The number of methoxy groups -OCH3 is 1. The molecule has 138 valence electrons. The van der Waals surface area contributed by atoms with Crippen molar-refractivity contribution in [1.29, 1.82) is 0 Å². The average Bonchev–Trinajstić information content (AvgIpc) is 2.92. The number of piperidine rings is 1. The first-order valence-electron chi connectivity index (χ1n) is 8.80. The van der Waals surface area contributed by atoms with E-state index >= 15 is 0 Å². The summed E-state index contributed by atoms with van der Waals surface area (Å²) in [5, 5.41) is 6.64. The Morgan fingerprint density at radius 2 is 2.00 bits per heavy atom. The van der Waals surface area contributed by atoms with Gasteiger partial charge in [-0.25, -0.2) is 0 Å². The number of aromatic nitrogens is 1. The van der Waals surface area contributed by atoms with E-state index in [1.807, 2.05) is 6.07 Å². The van der Waals surface area contributed by atoms with Gasteiger partial charge >= 0.3 is 0 Å². The number of benzene rings is 1. The molecule has 26 heavy (non-hydrogen) atoms. The third-order valence-electron chi connectivity index (χ3n) is 5.64.